The summed E-state index contributed by atoms with van der Waals surface area (Å²) in [6.07, 6.45) is 0. The molecule has 0 radical (unpaired) electrons. The summed E-state index contributed by atoms with van der Waals surface area (Å²) in [5.41, 5.74) is 0. The third-order valence-electron chi connectivity index (χ3n) is 7.20. The number of hydrogen-bond donors (Lipinski definition) is 0. The van der Waals surface area contributed by atoms with Crippen LogP contribution in [0.4, 0.5) is 0 Å². The summed E-state index contributed by atoms with van der Waals surface area (Å²) >= 11 is 0. The lowest BCUT2D eigenvalue weighted by molar-refractivity contribution is -0.365. The Labute approximate surface area is 87.5 Å². The number of rotatable bonds is 0. The molecule has 14 heavy (non-hydrogen) atoms. The second kappa shape index (κ2) is 2.08. The standard InChI is InChI=1S/C14H22/c1-5-6(2)10-9(5)13-11-7(3)8(4)12(11)14(10)13/h5-14H,1-4H3. The Morgan fingerprint density at radius 2 is 0.571 bits per heavy atom. The Morgan fingerprint density at radius 3 is 0.786 bits per heavy atom. The summed E-state index contributed by atoms with van der Waals surface area (Å²) in [4.78, 5) is 0. The molecular formula is C14H22. The van der Waals surface area contributed by atoms with Crippen LogP contribution < -0.4 is 0 Å². The predicted molar refractivity (Wildman–Crippen MR) is 57.6 cm³/mol. The van der Waals surface area contributed by atoms with Crippen LogP contribution in [0.25, 0.3) is 0 Å². The van der Waals surface area contributed by atoms with Gasteiger partial charge in [0.15, 0.2) is 0 Å². The molecule has 0 aliphatic heterocycles. The molecule has 0 aromatic heterocycles. The number of fused-ring (bicyclic) bond motifs is 7. The van der Waals surface area contributed by atoms with Crippen molar-refractivity contribution in [2.75, 3.05) is 0 Å². The second-order valence-corrected chi connectivity index (χ2v) is 6.90. The first kappa shape index (κ1) is 8.19. The Hall–Kier alpha value is 0. The molecule has 0 nitrogen and oxygen atoms in total. The van der Waals surface area contributed by atoms with E-state index in [0.29, 0.717) is 0 Å². The lowest BCUT2D eigenvalue weighted by Crippen LogP contribution is -2.80. The van der Waals surface area contributed by atoms with Gasteiger partial charge in [0.1, 0.15) is 0 Å². The van der Waals surface area contributed by atoms with Gasteiger partial charge in [-0.3, -0.25) is 0 Å². The maximum absolute atomic E-state index is 2.50. The van der Waals surface area contributed by atoms with Crippen molar-refractivity contribution in [3.63, 3.8) is 0 Å². The highest BCUT2D eigenvalue weighted by molar-refractivity contribution is 5.24. The molecule has 0 heterocycles. The minimum Gasteiger partial charge on any atom is -0.0620 e. The van der Waals surface area contributed by atoms with Gasteiger partial charge in [-0.1, -0.05) is 27.7 Å². The van der Waals surface area contributed by atoms with E-state index < -0.39 is 0 Å². The zero-order valence-electron chi connectivity index (χ0n) is 9.77. The summed E-state index contributed by atoms with van der Waals surface area (Å²) in [7, 11) is 0. The van der Waals surface area contributed by atoms with Crippen molar-refractivity contribution in [1.29, 1.82) is 0 Å². The van der Waals surface area contributed by atoms with Gasteiger partial charge in [0.2, 0.25) is 0 Å². The normalized spacial score (nSPS) is 78.0. The van der Waals surface area contributed by atoms with E-state index in [2.05, 4.69) is 27.7 Å². The first-order chi connectivity index (χ1) is 6.64. The molecule has 4 fully saturated rings. The van der Waals surface area contributed by atoms with E-state index >= 15 is 0 Å². The average molecular weight is 190 g/mol. The lowest BCUT2D eigenvalue weighted by Gasteiger charge is -2.83. The minimum absolute atomic E-state index is 1.06. The predicted octanol–water partition coefficient (Wildman–Crippen LogP) is 3.28. The topological polar surface area (TPSA) is 0 Å². The molecule has 0 spiro atoms. The molecule has 0 amide bonds. The fourth-order valence-electron chi connectivity index (χ4n) is 6.19. The van der Waals surface area contributed by atoms with Crippen LogP contribution in [0.15, 0.2) is 0 Å². The monoisotopic (exact) mass is 190 g/mol. The fraction of sp³-hybridized carbons (Fsp3) is 1.00. The molecule has 0 aromatic carbocycles. The van der Waals surface area contributed by atoms with Gasteiger partial charge in [0, 0.05) is 0 Å². The molecule has 4 saturated carbocycles. The van der Waals surface area contributed by atoms with E-state index in [9.17, 15) is 0 Å². The van der Waals surface area contributed by atoms with E-state index in [0.717, 1.165) is 23.7 Å². The van der Waals surface area contributed by atoms with Crippen LogP contribution in [0.2, 0.25) is 0 Å². The van der Waals surface area contributed by atoms with Crippen LogP contribution in [0.5, 0.6) is 0 Å². The van der Waals surface area contributed by atoms with E-state index in [1.54, 1.807) is 0 Å². The lowest BCUT2D eigenvalue weighted by atomic mass is 9.21. The molecule has 4 rings (SSSR count). The molecule has 4 aliphatic carbocycles. The van der Waals surface area contributed by atoms with Gasteiger partial charge < -0.3 is 0 Å². The van der Waals surface area contributed by atoms with Gasteiger partial charge in [-0.2, -0.15) is 0 Å². The van der Waals surface area contributed by atoms with Gasteiger partial charge in [0.25, 0.3) is 0 Å². The zero-order valence-corrected chi connectivity index (χ0v) is 9.77. The molecule has 0 N–H and O–H groups in total. The average Bonchev–Trinajstić information content (AvgIpc) is 2.17. The third kappa shape index (κ3) is 0.537. The van der Waals surface area contributed by atoms with Crippen molar-refractivity contribution in [2.24, 2.45) is 59.2 Å². The van der Waals surface area contributed by atoms with Crippen LogP contribution >= 0.6 is 0 Å². The molecule has 0 aromatic rings. The van der Waals surface area contributed by atoms with E-state index in [1.165, 1.54) is 35.5 Å². The smallest absolute Gasteiger partial charge is 0.0312 e. The number of hydrogen-bond acceptors (Lipinski definition) is 0. The van der Waals surface area contributed by atoms with Crippen molar-refractivity contribution < 1.29 is 0 Å². The molecule has 8 atom stereocenters. The summed E-state index contributed by atoms with van der Waals surface area (Å²) in [6.45, 7) is 10.0. The van der Waals surface area contributed by atoms with E-state index in [-0.39, 0.29) is 0 Å². The largest absolute Gasteiger partial charge is 0.0620 e. The highest BCUT2D eigenvalue weighted by Crippen LogP contribution is 2.81. The Kier molecular flexibility index (Phi) is 1.22. The second-order valence-electron chi connectivity index (χ2n) is 6.90. The first-order valence-electron chi connectivity index (χ1n) is 6.64. The van der Waals surface area contributed by atoms with Crippen LogP contribution in [0.1, 0.15) is 27.7 Å². The van der Waals surface area contributed by atoms with Crippen LogP contribution in [-0.4, -0.2) is 0 Å². The molecular weight excluding hydrogens is 168 g/mol. The maximum atomic E-state index is 2.50. The van der Waals surface area contributed by atoms with Crippen molar-refractivity contribution in [3.8, 4) is 0 Å². The minimum atomic E-state index is 1.06. The van der Waals surface area contributed by atoms with Crippen LogP contribution in [-0.2, 0) is 0 Å². The van der Waals surface area contributed by atoms with Crippen molar-refractivity contribution in [1.82, 2.24) is 0 Å². The Bertz CT molecular complexity index is 236. The summed E-state index contributed by atoms with van der Waals surface area (Å²) in [5, 5.41) is 0. The van der Waals surface area contributed by atoms with Crippen LogP contribution in [0, 0.1) is 59.2 Å². The van der Waals surface area contributed by atoms with Gasteiger partial charge in [-0.25, -0.2) is 0 Å². The molecule has 0 heteroatoms. The Balaban J connectivity index is 1.60. The van der Waals surface area contributed by atoms with Gasteiger partial charge in [0.05, 0.1) is 0 Å². The third-order valence-corrected chi connectivity index (χ3v) is 7.20. The summed E-state index contributed by atoms with van der Waals surface area (Å²) < 4.78 is 0. The van der Waals surface area contributed by atoms with Gasteiger partial charge in [-0.05, 0) is 59.2 Å². The van der Waals surface area contributed by atoms with Crippen molar-refractivity contribution in [3.05, 3.63) is 0 Å². The zero-order chi connectivity index (χ0) is 9.77. The highest BCUT2D eigenvalue weighted by Gasteiger charge is 2.78. The first-order valence-corrected chi connectivity index (χ1v) is 6.64. The van der Waals surface area contributed by atoms with Gasteiger partial charge >= 0.3 is 0 Å². The van der Waals surface area contributed by atoms with Gasteiger partial charge in [-0.15, -0.1) is 0 Å². The maximum Gasteiger partial charge on any atom is -0.0312 e. The Morgan fingerprint density at radius 1 is 0.357 bits per heavy atom. The fourth-order valence-corrected chi connectivity index (χ4v) is 6.19. The SMILES string of the molecule is CC1C(C)C2C1C1C3C(C)C(C)C3C21. The molecule has 0 saturated heterocycles. The summed E-state index contributed by atoms with van der Waals surface area (Å²) in [5.74, 6) is 11.3. The summed E-state index contributed by atoms with van der Waals surface area (Å²) in [6, 6.07) is 0. The molecule has 78 valence electrons. The van der Waals surface area contributed by atoms with E-state index in [4.69, 9.17) is 0 Å². The van der Waals surface area contributed by atoms with E-state index in [1.807, 2.05) is 0 Å². The molecule has 8 unspecified atom stereocenters. The van der Waals surface area contributed by atoms with Crippen LogP contribution in [0.3, 0.4) is 0 Å². The van der Waals surface area contributed by atoms with Crippen molar-refractivity contribution in [2.45, 2.75) is 27.7 Å². The highest BCUT2D eigenvalue weighted by atomic mass is 14.8. The quantitative estimate of drug-likeness (QED) is 0.550. The molecule has 4 aliphatic rings. The molecule has 0 bridgehead atoms. The van der Waals surface area contributed by atoms with Crippen molar-refractivity contribution >= 4 is 0 Å².